The lowest BCUT2D eigenvalue weighted by molar-refractivity contribution is 0.335. The Hall–Kier alpha value is -0.830. The molecule has 0 amide bonds. The van der Waals surface area contributed by atoms with Crippen LogP contribution in [0.15, 0.2) is 12.5 Å². The van der Waals surface area contributed by atoms with E-state index in [1.54, 1.807) is 0 Å². The minimum absolute atomic E-state index is 0.495. The van der Waals surface area contributed by atoms with E-state index in [9.17, 15) is 0 Å². The first kappa shape index (κ1) is 12.6. The van der Waals surface area contributed by atoms with Gasteiger partial charge in [0.25, 0.3) is 0 Å². The number of nitrogens with zero attached hydrogens (tertiary/aromatic N) is 2. The lowest BCUT2D eigenvalue weighted by Gasteiger charge is -2.20. The summed E-state index contributed by atoms with van der Waals surface area (Å²) in [6.07, 6.45) is 6.68. The maximum absolute atomic E-state index is 4.23. The highest BCUT2D eigenvalue weighted by molar-refractivity contribution is 5.01. The quantitative estimate of drug-likeness (QED) is 0.821. The second kappa shape index (κ2) is 4.81. The third-order valence-corrected chi connectivity index (χ3v) is 4.20. The zero-order valence-corrected chi connectivity index (χ0v) is 11.5. The zero-order valence-electron chi connectivity index (χ0n) is 11.5. The maximum Gasteiger partial charge on any atom is 0.0951 e. The van der Waals surface area contributed by atoms with Crippen molar-refractivity contribution in [3.63, 3.8) is 0 Å². The van der Waals surface area contributed by atoms with E-state index in [1.807, 2.05) is 12.5 Å². The molecule has 1 fully saturated rings. The van der Waals surface area contributed by atoms with Gasteiger partial charge in [-0.15, -0.1) is 0 Å². The molecule has 1 aromatic rings. The fourth-order valence-corrected chi connectivity index (χ4v) is 2.49. The standard InChI is InChI=1S/C14H25N3/c1-11(2)14(5-6-14)9-15-7-13-8-16-10-17(13)12(3)4/h8,10-12,15H,5-7,9H2,1-4H3. The molecule has 0 aromatic carbocycles. The van der Waals surface area contributed by atoms with E-state index >= 15 is 0 Å². The number of hydrogen-bond donors (Lipinski definition) is 1. The summed E-state index contributed by atoms with van der Waals surface area (Å²) < 4.78 is 2.24. The van der Waals surface area contributed by atoms with Gasteiger partial charge in [0, 0.05) is 25.3 Å². The van der Waals surface area contributed by atoms with Crippen LogP contribution in [0.3, 0.4) is 0 Å². The van der Waals surface area contributed by atoms with Gasteiger partial charge in [-0.1, -0.05) is 13.8 Å². The van der Waals surface area contributed by atoms with Crippen molar-refractivity contribution in [2.75, 3.05) is 6.54 Å². The van der Waals surface area contributed by atoms with Crippen molar-refractivity contribution >= 4 is 0 Å². The third kappa shape index (κ3) is 2.71. The van der Waals surface area contributed by atoms with Gasteiger partial charge in [0.15, 0.2) is 0 Å². The Morgan fingerprint density at radius 3 is 2.59 bits per heavy atom. The molecule has 3 heteroatoms. The number of imidazole rings is 1. The Kier molecular flexibility index (Phi) is 3.57. The molecule has 1 N–H and O–H groups in total. The molecular formula is C14H25N3. The van der Waals surface area contributed by atoms with Gasteiger partial charge in [-0.3, -0.25) is 0 Å². The lowest BCUT2D eigenvalue weighted by atomic mass is 9.92. The Morgan fingerprint density at radius 2 is 2.06 bits per heavy atom. The Balaban J connectivity index is 1.84. The normalized spacial score (nSPS) is 18.0. The van der Waals surface area contributed by atoms with Crippen molar-refractivity contribution in [1.82, 2.24) is 14.9 Å². The molecule has 0 aliphatic heterocycles. The van der Waals surface area contributed by atoms with Gasteiger partial charge in [0.1, 0.15) is 0 Å². The summed E-state index contributed by atoms with van der Waals surface area (Å²) in [5.41, 5.74) is 1.88. The van der Waals surface area contributed by atoms with Crippen LogP contribution in [0.1, 0.15) is 52.3 Å². The molecule has 96 valence electrons. The fourth-order valence-electron chi connectivity index (χ4n) is 2.49. The van der Waals surface area contributed by atoms with E-state index in [0.717, 1.165) is 19.0 Å². The molecule has 0 atom stereocenters. The van der Waals surface area contributed by atoms with Gasteiger partial charge in [-0.05, 0) is 38.0 Å². The second-order valence-electron chi connectivity index (χ2n) is 6.01. The summed E-state index contributed by atoms with van der Waals surface area (Å²) in [4.78, 5) is 4.23. The molecule has 0 radical (unpaired) electrons. The molecule has 1 aliphatic rings. The summed E-state index contributed by atoms with van der Waals surface area (Å²) >= 11 is 0. The molecule has 2 rings (SSSR count). The van der Waals surface area contributed by atoms with Crippen LogP contribution in [-0.4, -0.2) is 16.1 Å². The molecule has 0 unspecified atom stereocenters. The Bertz CT molecular complexity index is 361. The molecule has 0 bridgehead atoms. The molecule has 1 aliphatic carbocycles. The lowest BCUT2D eigenvalue weighted by Crippen LogP contribution is -2.28. The highest BCUT2D eigenvalue weighted by Crippen LogP contribution is 2.51. The van der Waals surface area contributed by atoms with Gasteiger partial charge in [0.05, 0.1) is 12.0 Å². The van der Waals surface area contributed by atoms with Crippen molar-refractivity contribution in [2.24, 2.45) is 11.3 Å². The van der Waals surface area contributed by atoms with Crippen LogP contribution in [0.4, 0.5) is 0 Å². The predicted molar refractivity (Wildman–Crippen MR) is 70.8 cm³/mol. The maximum atomic E-state index is 4.23. The van der Waals surface area contributed by atoms with Crippen LogP contribution in [0.25, 0.3) is 0 Å². The summed E-state index contributed by atoms with van der Waals surface area (Å²) in [5.74, 6) is 0.796. The van der Waals surface area contributed by atoms with Gasteiger partial charge >= 0.3 is 0 Å². The third-order valence-electron chi connectivity index (χ3n) is 4.20. The summed E-state index contributed by atoms with van der Waals surface area (Å²) in [7, 11) is 0. The summed E-state index contributed by atoms with van der Waals surface area (Å²) in [6, 6.07) is 0.495. The predicted octanol–water partition coefficient (Wildman–Crippen LogP) is 2.99. The van der Waals surface area contributed by atoms with Crippen molar-refractivity contribution in [3.8, 4) is 0 Å². The summed E-state index contributed by atoms with van der Waals surface area (Å²) in [6.45, 7) is 11.2. The van der Waals surface area contributed by atoms with Crippen LogP contribution in [-0.2, 0) is 6.54 Å². The van der Waals surface area contributed by atoms with E-state index in [1.165, 1.54) is 18.5 Å². The highest BCUT2D eigenvalue weighted by atomic mass is 15.1. The van der Waals surface area contributed by atoms with E-state index in [4.69, 9.17) is 0 Å². The molecular weight excluding hydrogens is 210 g/mol. The zero-order chi connectivity index (χ0) is 12.5. The summed E-state index contributed by atoms with van der Waals surface area (Å²) in [5, 5.41) is 3.61. The van der Waals surface area contributed by atoms with E-state index in [2.05, 4.69) is 42.6 Å². The highest BCUT2D eigenvalue weighted by Gasteiger charge is 2.44. The van der Waals surface area contributed by atoms with Gasteiger partial charge < -0.3 is 9.88 Å². The van der Waals surface area contributed by atoms with Crippen molar-refractivity contribution in [3.05, 3.63) is 18.2 Å². The van der Waals surface area contributed by atoms with Gasteiger partial charge in [0.2, 0.25) is 0 Å². The minimum atomic E-state index is 0.495. The van der Waals surface area contributed by atoms with Crippen LogP contribution in [0, 0.1) is 11.3 Å². The minimum Gasteiger partial charge on any atom is -0.331 e. The first-order valence-electron chi connectivity index (χ1n) is 6.76. The average Bonchev–Trinajstić information content (AvgIpc) is 2.89. The molecule has 3 nitrogen and oxygen atoms in total. The molecule has 1 saturated carbocycles. The van der Waals surface area contributed by atoms with Crippen LogP contribution in [0.5, 0.6) is 0 Å². The monoisotopic (exact) mass is 235 g/mol. The molecule has 1 heterocycles. The second-order valence-corrected chi connectivity index (χ2v) is 6.01. The van der Waals surface area contributed by atoms with Crippen LogP contribution < -0.4 is 5.32 Å². The van der Waals surface area contributed by atoms with Gasteiger partial charge in [-0.25, -0.2) is 4.98 Å². The largest absolute Gasteiger partial charge is 0.331 e. The molecule has 0 saturated heterocycles. The van der Waals surface area contributed by atoms with E-state index < -0.39 is 0 Å². The van der Waals surface area contributed by atoms with E-state index in [-0.39, 0.29) is 0 Å². The van der Waals surface area contributed by atoms with E-state index in [0.29, 0.717) is 11.5 Å². The fraction of sp³-hybridized carbons (Fsp3) is 0.786. The molecule has 1 aromatic heterocycles. The van der Waals surface area contributed by atoms with Crippen molar-refractivity contribution in [2.45, 2.75) is 53.1 Å². The molecule has 17 heavy (non-hydrogen) atoms. The molecule has 0 spiro atoms. The first-order valence-corrected chi connectivity index (χ1v) is 6.76. The Morgan fingerprint density at radius 1 is 1.35 bits per heavy atom. The number of aromatic nitrogens is 2. The van der Waals surface area contributed by atoms with Crippen LogP contribution >= 0.6 is 0 Å². The first-order chi connectivity index (χ1) is 8.05. The van der Waals surface area contributed by atoms with Crippen molar-refractivity contribution < 1.29 is 0 Å². The Labute approximate surface area is 105 Å². The number of hydrogen-bond acceptors (Lipinski definition) is 2. The van der Waals surface area contributed by atoms with Crippen molar-refractivity contribution in [1.29, 1.82) is 0 Å². The average molecular weight is 235 g/mol. The number of rotatable bonds is 6. The van der Waals surface area contributed by atoms with Gasteiger partial charge in [-0.2, -0.15) is 0 Å². The topological polar surface area (TPSA) is 29.9 Å². The smallest absolute Gasteiger partial charge is 0.0951 e. The number of nitrogens with one attached hydrogen (secondary N) is 1. The SMILES string of the molecule is CC(C)n1cncc1CNCC1(C(C)C)CC1. The van der Waals surface area contributed by atoms with Crippen LogP contribution in [0.2, 0.25) is 0 Å².